The van der Waals surface area contributed by atoms with Gasteiger partial charge in [0, 0.05) is 44.1 Å². The van der Waals surface area contributed by atoms with Crippen LogP contribution in [0.15, 0.2) is 6.07 Å². The lowest BCUT2D eigenvalue weighted by Crippen LogP contribution is -2.34. The first-order chi connectivity index (χ1) is 7.69. The highest BCUT2D eigenvalue weighted by Crippen LogP contribution is 2.17. The number of anilines is 1. The average Bonchev–Trinajstić information content (AvgIpc) is 2.29. The fourth-order valence-corrected chi connectivity index (χ4v) is 1.92. The van der Waals surface area contributed by atoms with E-state index in [1.807, 2.05) is 13.0 Å². The number of aromatic nitrogens is 2. The minimum atomic E-state index is 0.359. The predicted molar refractivity (Wildman–Crippen MR) is 62.6 cm³/mol. The molecule has 1 saturated heterocycles. The molecule has 1 aromatic rings. The minimum absolute atomic E-state index is 0.359. The number of carbonyl (C=O) groups excluding carboxylic acids is 1. The molecule has 0 N–H and O–H groups in total. The van der Waals surface area contributed by atoms with Gasteiger partial charge in [0.25, 0.3) is 0 Å². The van der Waals surface area contributed by atoms with Crippen LogP contribution in [-0.2, 0) is 11.2 Å². The highest BCUT2D eigenvalue weighted by molar-refractivity contribution is 5.80. The van der Waals surface area contributed by atoms with E-state index in [0.29, 0.717) is 18.6 Å². The second-order valence-corrected chi connectivity index (χ2v) is 4.16. The Balaban J connectivity index is 2.19. The minimum Gasteiger partial charge on any atom is -0.356 e. The Morgan fingerprint density at radius 2 is 2.00 bits per heavy atom. The Morgan fingerprint density at radius 1 is 1.31 bits per heavy atom. The van der Waals surface area contributed by atoms with Gasteiger partial charge < -0.3 is 4.90 Å². The summed E-state index contributed by atoms with van der Waals surface area (Å²) in [4.78, 5) is 22.2. The summed E-state index contributed by atoms with van der Waals surface area (Å²) in [6.45, 7) is 5.62. The molecular formula is C12H17N3O. The molecule has 16 heavy (non-hydrogen) atoms. The SMILES string of the molecule is CCc1nc(C)cc(N2CCC(=O)CC2)n1. The molecule has 4 heteroatoms. The molecular weight excluding hydrogens is 202 g/mol. The molecule has 2 rings (SSSR count). The smallest absolute Gasteiger partial charge is 0.136 e. The second kappa shape index (κ2) is 4.60. The summed E-state index contributed by atoms with van der Waals surface area (Å²) in [6.07, 6.45) is 2.14. The zero-order valence-corrected chi connectivity index (χ0v) is 9.86. The van der Waals surface area contributed by atoms with Crippen LogP contribution in [-0.4, -0.2) is 28.8 Å². The molecule has 0 spiro atoms. The van der Waals surface area contributed by atoms with E-state index in [9.17, 15) is 4.79 Å². The van der Waals surface area contributed by atoms with E-state index in [1.165, 1.54) is 0 Å². The molecule has 2 heterocycles. The van der Waals surface area contributed by atoms with Crippen LogP contribution in [0.25, 0.3) is 0 Å². The van der Waals surface area contributed by atoms with E-state index in [4.69, 9.17) is 0 Å². The van der Waals surface area contributed by atoms with E-state index < -0.39 is 0 Å². The van der Waals surface area contributed by atoms with Crippen molar-refractivity contribution in [3.05, 3.63) is 17.6 Å². The Hall–Kier alpha value is -1.45. The molecule has 1 aliphatic rings. The summed E-state index contributed by atoms with van der Waals surface area (Å²) in [7, 11) is 0. The van der Waals surface area contributed by atoms with E-state index in [2.05, 4.69) is 21.8 Å². The molecule has 1 aliphatic heterocycles. The van der Waals surface area contributed by atoms with Gasteiger partial charge in [0.1, 0.15) is 17.4 Å². The summed E-state index contributed by atoms with van der Waals surface area (Å²) in [6, 6.07) is 1.99. The van der Waals surface area contributed by atoms with Gasteiger partial charge in [-0.2, -0.15) is 0 Å². The van der Waals surface area contributed by atoms with E-state index in [1.54, 1.807) is 0 Å². The van der Waals surface area contributed by atoms with Gasteiger partial charge in [-0.1, -0.05) is 6.92 Å². The second-order valence-electron chi connectivity index (χ2n) is 4.16. The highest BCUT2D eigenvalue weighted by Gasteiger charge is 2.17. The van der Waals surface area contributed by atoms with Gasteiger partial charge in [-0.25, -0.2) is 9.97 Å². The van der Waals surface area contributed by atoms with E-state index in [0.717, 1.165) is 36.8 Å². The third kappa shape index (κ3) is 2.38. The molecule has 1 fully saturated rings. The number of aryl methyl sites for hydroxylation is 2. The van der Waals surface area contributed by atoms with Crippen molar-refractivity contribution in [3.63, 3.8) is 0 Å². The van der Waals surface area contributed by atoms with E-state index in [-0.39, 0.29) is 0 Å². The molecule has 0 radical (unpaired) electrons. The first-order valence-electron chi connectivity index (χ1n) is 5.80. The molecule has 0 atom stereocenters. The Bertz CT molecular complexity index is 393. The summed E-state index contributed by atoms with van der Waals surface area (Å²) >= 11 is 0. The number of nitrogens with zero attached hydrogens (tertiary/aromatic N) is 3. The molecule has 0 amide bonds. The standard InChI is InChI=1S/C12H17N3O/c1-3-11-13-9(2)8-12(14-11)15-6-4-10(16)5-7-15/h8H,3-7H2,1-2H3. The van der Waals surface area contributed by atoms with Crippen molar-refractivity contribution in [2.75, 3.05) is 18.0 Å². The van der Waals surface area contributed by atoms with Crippen LogP contribution in [0.3, 0.4) is 0 Å². The first-order valence-corrected chi connectivity index (χ1v) is 5.80. The third-order valence-electron chi connectivity index (χ3n) is 2.85. The Kier molecular flexibility index (Phi) is 3.17. The molecule has 0 bridgehead atoms. The van der Waals surface area contributed by atoms with Crippen molar-refractivity contribution in [1.82, 2.24) is 9.97 Å². The predicted octanol–water partition coefficient (Wildman–Crippen LogP) is 1.52. The van der Waals surface area contributed by atoms with Crippen molar-refractivity contribution >= 4 is 11.6 Å². The molecule has 0 saturated carbocycles. The van der Waals surface area contributed by atoms with Crippen molar-refractivity contribution in [1.29, 1.82) is 0 Å². The summed E-state index contributed by atoms with van der Waals surface area (Å²) in [5.41, 5.74) is 0.999. The van der Waals surface area contributed by atoms with Gasteiger partial charge in [0.15, 0.2) is 0 Å². The summed E-state index contributed by atoms with van der Waals surface area (Å²) in [5, 5.41) is 0. The van der Waals surface area contributed by atoms with Crippen LogP contribution >= 0.6 is 0 Å². The van der Waals surface area contributed by atoms with Gasteiger partial charge in [0.2, 0.25) is 0 Å². The third-order valence-corrected chi connectivity index (χ3v) is 2.85. The number of hydrogen-bond donors (Lipinski definition) is 0. The van der Waals surface area contributed by atoms with Gasteiger partial charge in [0.05, 0.1) is 0 Å². The van der Waals surface area contributed by atoms with Gasteiger partial charge in [-0.15, -0.1) is 0 Å². The highest BCUT2D eigenvalue weighted by atomic mass is 16.1. The average molecular weight is 219 g/mol. The molecule has 0 unspecified atom stereocenters. The van der Waals surface area contributed by atoms with Crippen LogP contribution in [0.1, 0.15) is 31.3 Å². The van der Waals surface area contributed by atoms with Crippen molar-refractivity contribution in [2.45, 2.75) is 33.1 Å². The maximum absolute atomic E-state index is 11.2. The lowest BCUT2D eigenvalue weighted by atomic mass is 10.1. The van der Waals surface area contributed by atoms with Crippen LogP contribution in [0, 0.1) is 6.92 Å². The topological polar surface area (TPSA) is 46.1 Å². The number of hydrogen-bond acceptors (Lipinski definition) is 4. The van der Waals surface area contributed by atoms with Crippen LogP contribution in [0.5, 0.6) is 0 Å². The number of rotatable bonds is 2. The molecule has 4 nitrogen and oxygen atoms in total. The number of Topliss-reactive ketones (excluding diaryl/α,β-unsaturated/α-hetero) is 1. The number of piperidine rings is 1. The normalized spacial score (nSPS) is 16.6. The zero-order valence-electron chi connectivity index (χ0n) is 9.86. The molecule has 0 aliphatic carbocycles. The number of carbonyl (C=O) groups is 1. The van der Waals surface area contributed by atoms with Crippen molar-refractivity contribution in [3.8, 4) is 0 Å². The number of ketones is 1. The summed E-state index contributed by atoms with van der Waals surface area (Å²) < 4.78 is 0. The molecule has 0 aromatic carbocycles. The first kappa shape index (κ1) is 11.0. The lowest BCUT2D eigenvalue weighted by Gasteiger charge is -2.27. The maximum Gasteiger partial charge on any atom is 0.136 e. The summed E-state index contributed by atoms with van der Waals surface area (Å²) in [5.74, 6) is 2.21. The van der Waals surface area contributed by atoms with E-state index >= 15 is 0 Å². The Labute approximate surface area is 95.7 Å². The van der Waals surface area contributed by atoms with Crippen molar-refractivity contribution in [2.24, 2.45) is 0 Å². The lowest BCUT2D eigenvalue weighted by molar-refractivity contribution is -0.119. The van der Waals surface area contributed by atoms with Crippen LogP contribution < -0.4 is 4.90 Å². The fourth-order valence-electron chi connectivity index (χ4n) is 1.92. The molecule has 86 valence electrons. The largest absolute Gasteiger partial charge is 0.356 e. The van der Waals surface area contributed by atoms with Gasteiger partial charge >= 0.3 is 0 Å². The Morgan fingerprint density at radius 3 is 2.62 bits per heavy atom. The molecule has 1 aromatic heterocycles. The quantitative estimate of drug-likeness (QED) is 0.756. The zero-order chi connectivity index (χ0) is 11.5. The van der Waals surface area contributed by atoms with Crippen LogP contribution in [0.2, 0.25) is 0 Å². The van der Waals surface area contributed by atoms with Crippen molar-refractivity contribution < 1.29 is 4.79 Å². The fraction of sp³-hybridized carbons (Fsp3) is 0.583. The monoisotopic (exact) mass is 219 g/mol. The van der Waals surface area contributed by atoms with Gasteiger partial charge in [-0.05, 0) is 6.92 Å². The van der Waals surface area contributed by atoms with Crippen LogP contribution in [0.4, 0.5) is 5.82 Å². The van der Waals surface area contributed by atoms with Gasteiger partial charge in [-0.3, -0.25) is 4.79 Å². The maximum atomic E-state index is 11.2.